The molecule has 2 aliphatic heterocycles. The third kappa shape index (κ3) is 6.39. The van der Waals surface area contributed by atoms with E-state index in [2.05, 4.69) is 10.6 Å². The number of hydrogen-bond donors (Lipinski definition) is 2. The average molecular weight is 625 g/mol. The first-order valence-corrected chi connectivity index (χ1v) is 15.3. The van der Waals surface area contributed by atoms with Crippen molar-refractivity contribution in [2.75, 3.05) is 23.0 Å². The monoisotopic (exact) mass is 624 g/mol. The van der Waals surface area contributed by atoms with Crippen molar-refractivity contribution in [1.29, 1.82) is 0 Å². The lowest BCUT2D eigenvalue weighted by atomic mass is 9.98. The molecule has 0 aliphatic carbocycles. The molecule has 5 amide bonds. The van der Waals surface area contributed by atoms with E-state index in [1.165, 1.54) is 4.90 Å². The van der Waals surface area contributed by atoms with Crippen LogP contribution in [0.4, 0.5) is 11.4 Å². The maximum atomic E-state index is 13.6. The Hall–Kier alpha value is -5.32. The normalized spacial score (nSPS) is 16.4. The van der Waals surface area contributed by atoms with Gasteiger partial charge in [0.25, 0.3) is 11.8 Å². The van der Waals surface area contributed by atoms with Crippen LogP contribution in [0.25, 0.3) is 0 Å². The lowest BCUT2D eigenvalue weighted by molar-refractivity contribution is -0.145. The number of fused-ring (bicyclic) bond motifs is 2. The highest BCUT2D eigenvalue weighted by Crippen LogP contribution is 2.37. The smallest absolute Gasteiger partial charge is 0.329 e. The number of amides is 5. The SMILES string of the molecule is CCOC(=O)[C@@H]1Cc2cc(N3C(=O)c4ccccc4C3=O)ccc2N1C(=O)CNC(=O)[C@@H](NC(=O)Cc1ccccc1)[C@@H](C)CC. The van der Waals surface area contributed by atoms with Gasteiger partial charge in [-0.15, -0.1) is 0 Å². The molecule has 11 heteroatoms. The fourth-order valence-electron chi connectivity index (χ4n) is 5.80. The Kier molecular flexibility index (Phi) is 9.60. The average Bonchev–Trinajstić information content (AvgIpc) is 3.57. The van der Waals surface area contributed by atoms with Crippen molar-refractivity contribution in [2.45, 2.75) is 52.1 Å². The first-order chi connectivity index (χ1) is 22.1. The van der Waals surface area contributed by atoms with Crippen LogP contribution in [0.5, 0.6) is 0 Å². The molecule has 2 N–H and O–H groups in total. The zero-order chi connectivity index (χ0) is 33.0. The van der Waals surface area contributed by atoms with Gasteiger partial charge in [-0.25, -0.2) is 9.69 Å². The number of imide groups is 1. The van der Waals surface area contributed by atoms with E-state index < -0.39 is 48.2 Å². The van der Waals surface area contributed by atoms with Crippen LogP contribution in [-0.2, 0) is 36.8 Å². The zero-order valence-electron chi connectivity index (χ0n) is 25.9. The minimum absolute atomic E-state index is 0.0932. The minimum atomic E-state index is -1.01. The summed E-state index contributed by atoms with van der Waals surface area (Å²) in [5, 5.41) is 5.46. The summed E-state index contributed by atoms with van der Waals surface area (Å²) in [4.78, 5) is 81.2. The maximum Gasteiger partial charge on any atom is 0.329 e. The molecule has 0 saturated carbocycles. The van der Waals surface area contributed by atoms with Gasteiger partial charge in [0, 0.05) is 12.1 Å². The van der Waals surface area contributed by atoms with Gasteiger partial charge in [-0.1, -0.05) is 62.7 Å². The Balaban J connectivity index is 1.32. The second-order valence-electron chi connectivity index (χ2n) is 11.4. The maximum absolute atomic E-state index is 13.6. The molecule has 0 bridgehead atoms. The van der Waals surface area contributed by atoms with Crippen LogP contribution < -0.4 is 20.4 Å². The third-order valence-corrected chi connectivity index (χ3v) is 8.36. The molecule has 3 aromatic carbocycles. The van der Waals surface area contributed by atoms with Crippen LogP contribution >= 0.6 is 0 Å². The van der Waals surface area contributed by atoms with Crippen molar-refractivity contribution in [3.8, 4) is 0 Å². The van der Waals surface area contributed by atoms with E-state index in [0.29, 0.717) is 34.5 Å². The highest BCUT2D eigenvalue weighted by Gasteiger charge is 2.42. The molecule has 3 aromatic rings. The molecule has 3 atom stereocenters. The Morgan fingerprint density at radius 1 is 0.913 bits per heavy atom. The van der Waals surface area contributed by atoms with E-state index in [0.717, 1.165) is 10.5 Å². The summed E-state index contributed by atoms with van der Waals surface area (Å²) in [6.07, 6.45) is 0.807. The van der Waals surface area contributed by atoms with Gasteiger partial charge in [0.1, 0.15) is 12.1 Å². The fraction of sp³-hybridized carbons (Fsp3) is 0.314. The predicted molar refractivity (Wildman–Crippen MR) is 170 cm³/mol. The molecule has 238 valence electrons. The van der Waals surface area contributed by atoms with Gasteiger partial charge >= 0.3 is 5.97 Å². The van der Waals surface area contributed by atoms with Gasteiger partial charge in [0.05, 0.1) is 36.4 Å². The summed E-state index contributed by atoms with van der Waals surface area (Å²) in [6.45, 7) is 5.07. The first-order valence-electron chi connectivity index (χ1n) is 15.3. The lowest BCUT2D eigenvalue weighted by Crippen LogP contribution is -2.53. The number of rotatable bonds is 11. The van der Waals surface area contributed by atoms with Gasteiger partial charge in [-0.3, -0.25) is 28.9 Å². The Morgan fingerprint density at radius 3 is 2.20 bits per heavy atom. The van der Waals surface area contributed by atoms with Crippen molar-refractivity contribution in [3.05, 3.63) is 95.1 Å². The quantitative estimate of drug-likeness (QED) is 0.247. The van der Waals surface area contributed by atoms with E-state index in [1.807, 2.05) is 44.2 Å². The molecule has 5 rings (SSSR count). The molecule has 0 unspecified atom stereocenters. The number of hydrogen-bond acceptors (Lipinski definition) is 7. The summed E-state index contributed by atoms with van der Waals surface area (Å²) in [6, 6.07) is 18.6. The standard InChI is InChI=1S/C35H36N4O7/c1-4-21(3)31(37-29(40)17-22-11-7-6-8-12-22)32(42)36-20-30(41)39-27-16-15-24(18-23(27)19-28(39)35(45)46-5-2)38-33(43)25-13-9-10-14-26(25)34(38)44/h6-16,18,21,28,31H,4-5,17,19-20H2,1-3H3,(H,36,42)(H,37,40)/t21-,28-,31-/m0/s1. The molecule has 11 nitrogen and oxygen atoms in total. The number of nitrogens with one attached hydrogen (secondary N) is 2. The second-order valence-corrected chi connectivity index (χ2v) is 11.4. The number of carbonyl (C=O) groups excluding carboxylic acids is 6. The topological polar surface area (TPSA) is 142 Å². The molecule has 46 heavy (non-hydrogen) atoms. The molecule has 0 radical (unpaired) electrons. The van der Waals surface area contributed by atoms with E-state index in [9.17, 15) is 28.8 Å². The van der Waals surface area contributed by atoms with Crippen LogP contribution in [0.3, 0.4) is 0 Å². The summed E-state index contributed by atoms with van der Waals surface area (Å²) < 4.78 is 5.26. The van der Waals surface area contributed by atoms with E-state index in [4.69, 9.17) is 4.74 Å². The molecule has 0 spiro atoms. The zero-order valence-corrected chi connectivity index (χ0v) is 25.9. The van der Waals surface area contributed by atoms with Crippen molar-refractivity contribution in [2.24, 2.45) is 5.92 Å². The molecule has 0 fully saturated rings. The number of carbonyl (C=O) groups is 6. The first kappa shape index (κ1) is 32.1. The lowest BCUT2D eigenvalue weighted by Gasteiger charge is -2.26. The number of esters is 1. The van der Waals surface area contributed by atoms with Gasteiger partial charge in [-0.2, -0.15) is 0 Å². The highest BCUT2D eigenvalue weighted by atomic mass is 16.5. The summed E-state index contributed by atoms with van der Waals surface area (Å²) >= 11 is 0. The Bertz CT molecular complexity index is 1650. The number of ether oxygens (including phenoxy) is 1. The predicted octanol–water partition coefficient (Wildman–Crippen LogP) is 3.20. The summed E-state index contributed by atoms with van der Waals surface area (Å²) in [7, 11) is 0. The number of nitrogens with zero attached hydrogens (tertiary/aromatic N) is 2. The van der Waals surface area contributed by atoms with Crippen molar-refractivity contribution in [1.82, 2.24) is 10.6 Å². The third-order valence-electron chi connectivity index (χ3n) is 8.36. The minimum Gasteiger partial charge on any atom is -0.464 e. The molecule has 2 aliphatic rings. The molecular formula is C35H36N4O7. The molecular weight excluding hydrogens is 588 g/mol. The summed E-state index contributed by atoms with van der Waals surface area (Å²) in [5.41, 5.74) is 2.71. The van der Waals surface area contributed by atoms with Crippen LogP contribution in [-0.4, -0.2) is 60.7 Å². The Labute approximate surface area is 266 Å². The number of benzene rings is 3. The summed E-state index contributed by atoms with van der Waals surface area (Å²) in [5.74, 6) is -3.13. The van der Waals surface area contributed by atoms with Crippen LogP contribution in [0.15, 0.2) is 72.8 Å². The van der Waals surface area contributed by atoms with Gasteiger partial charge in [0.2, 0.25) is 17.7 Å². The number of anilines is 2. The van der Waals surface area contributed by atoms with E-state index >= 15 is 0 Å². The van der Waals surface area contributed by atoms with Crippen LogP contribution in [0.1, 0.15) is 59.0 Å². The van der Waals surface area contributed by atoms with Crippen LogP contribution in [0.2, 0.25) is 0 Å². The van der Waals surface area contributed by atoms with Crippen molar-refractivity contribution in [3.63, 3.8) is 0 Å². The molecule has 0 saturated heterocycles. The molecule has 0 aromatic heterocycles. The van der Waals surface area contributed by atoms with Gasteiger partial charge < -0.3 is 15.4 Å². The van der Waals surface area contributed by atoms with Crippen molar-refractivity contribution >= 4 is 46.9 Å². The van der Waals surface area contributed by atoms with Crippen LogP contribution in [0, 0.1) is 5.92 Å². The second kappa shape index (κ2) is 13.8. The highest BCUT2D eigenvalue weighted by molar-refractivity contribution is 6.34. The van der Waals surface area contributed by atoms with Crippen molar-refractivity contribution < 1.29 is 33.5 Å². The van der Waals surface area contributed by atoms with E-state index in [-0.39, 0.29) is 31.3 Å². The largest absolute Gasteiger partial charge is 0.464 e. The molecule has 2 heterocycles. The Morgan fingerprint density at radius 2 is 1.57 bits per heavy atom. The van der Waals surface area contributed by atoms with Gasteiger partial charge in [0.15, 0.2) is 0 Å². The van der Waals surface area contributed by atoms with Gasteiger partial charge in [-0.05, 0) is 54.3 Å². The fourth-order valence-corrected chi connectivity index (χ4v) is 5.80. The van der Waals surface area contributed by atoms with E-state index in [1.54, 1.807) is 49.4 Å².